The van der Waals surface area contributed by atoms with Crippen molar-refractivity contribution >= 4 is 5.69 Å². The van der Waals surface area contributed by atoms with Gasteiger partial charge in [-0.2, -0.15) is 0 Å². The molecule has 2 nitrogen and oxygen atoms in total. The van der Waals surface area contributed by atoms with E-state index in [0.717, 1.165) is 11.4 Å². The van der Waals surface area contributed by atoms with Crippen LogP contribution in [0.25, 0.3) is 0 Å². The van der Waals surface area contributed by atoms with E-state index >= 15 is 0 Å². The van der Waals surface area contributed by atoms with Crippen molar-refractivity contribution in [3.63, 3.8) is 0 Å². The lowest BCUT2D eigenvalue weighted by atomic mass is 10.1. The van der Waals surface area contributed by atoms with Gasteiger partial charge in [0.05, 0.1) is 11.8 Å². The molecule has 0 amide bonds. The van der Waals surface area contributed by atoms with E-state index < -0.39 is 0 Å². The number of benzene rings is 1. The lowest BCUT2D eigenvalue weighted by Gasteiger charge is -2.16. The smallest absolute Gasteiger partial charge is 0.142 e. The van der Waals surface area contributed by atoms with Gasteiger partial charge in [-0.25, -0.2) is 0 Å². The highest BCUT2D eigenvalue weighted by molar-refractivity contribution is 5.58. The van der Waals surface area contributed by atoms with Gasteiger partial charge in [0.1, 0.15) is 5.75 Å². The summed E-state index contributed by atoms with van der Waals surface area (Å²) in [5.74, 6) is 0.924. The number of nitrogens with two attached hydrogens (primary N) is 1. The summed E-state index contributed by atoms with van der Waals surface area (Å²) in [7, 11) is 0. The van der Waals surface area contributed by atoms with Crippen molar-refractivity contribution in [3.05, 3.63) is 23.3 Å². The summed E-state index contributed by atoms with van der Waals surface area (Å²) in [6.45, 7) is 0. The van der Waals surface area contributed by atoms with Crippen LogP contribution in [0.1, 0.15) is 43.2 Å². The maximum absolute atomic E-state index is 6.05. The van der Waals surface area contributed by atoms with Gasteiger partial charge in [0, 0.05) is 0 Å². The minimum atomic E-state index is 0.404. The highest BCUT2D eigenvalue weighted by Gasteiger charge is 2.19. The van der Waals surface area contributed by atoms with Crippen LogP contribution in [0.2, 0.25) is 0 Å². The molecule has 1 saturated carbocycles. The summed E-state index contributed by atoms with van der Waals surface area (Å²) >= 11 is 0. The summed E-state index contributed by atoms with van der Waals surface area (Å²) in [6, 6.07) is 4.29. The predicted molar refractivity (Wildman–Crippen MR) is 65.8 cm³/mol. The molecule has 16 heavy (non-hydrogen) atoms. The molecule has 0 heterocycles. The Morgan fingerprint density at radius 3 is 2.44 bits per heavy atom. The Bertz CT molecular complexity index is 394. The molecule has 2 aliphatic rings. The van der Waals surface area contributed by atoms with Gasteiger partial charge >= 0.3 is 0 Å². The second-order valence-electron chi connectivity index (χ2n) is 5.04. The molecule has 2 aliphatic carbocycles. The predicted octanol–water partition coefficient (Wildman–Crippen LogP) is 3.08. The number of hydrogen-bond acceptors (Lipinski definition) is 2. The van der Waals surface area contributed by atoms with Crippen molar-refractivity contribution in [3.8, 4) is 5.75 Å². The van der Waals surface area contributed by atoms with Gasteiger partial charge in [-0.3, -0.25) is 0 Å². The molecule has 0 atom stereocenters. The average Bonchev–Trinajstić information content (AvgIpc) is 2.89. The topological polar surface area (TPSA) is 35.2 Å². The Kier molecular flexibility index (Phi) is 2.50. The summed E-state index contributed by atoms with van der Waals surface area (Å²) in [6.07, 6.45) is 9.03. The first kappa shape index (κ1) is 10.0. The summed E-state index contributed by atoms with van der Waals surface area (Å²) in [5.41, 5.74) is 9.75. The highest BCUT2D eigenvalue weighted by atomic mass is 16.5. The van der Waals surface area contributed by atoms with Crippen LogP contribution in [0.15, 0.2) is 12.1 Å². The van der Waals surface area contributed by atoms with Gasteiger partial charge in [-0.1, -0.05) is 0 Å². The summed E-state index contributed by atoms with van der Waals surface area (Å²) in [4.78, 5) is 0. The molecule has 1 fully saturated rings. The number of hydrogen-bond donors (Lipinski definition) is 1. The third-order valence-corrected chi connectivity index (χ3v) is 3.82. The van der Waals surface area contributed by atoms with Gasteiger partial charge in [-0.15, -0.1) is 0 Å². The van der Waals surface area contributed by atoms with E-state index in [4.69, 9.17) is 10.5 Å². The Labute approximate surface area is 96.8 Å². The number of rotatable bonds is 2. The quantitative estimate of drug-likeness (QED) is 0.773. The molecule has 0 unspecified atom stereocenters. The van der Waals surface area contributed by atoms with Crippen LogP contribution >= 0.6 is 0 Å². The number of anilines is 1. The molecule has 3 rings (SSSR count). The van der Waals surface area contributed by atoms with Gasteiger partial charge in [0.25, 0.3) is 0 Å². The number of fused-ring (bicyclic) bond motifs is 1. The lowest BCUT2D eigenvalue weighted by molar-refractivity contribution is 0.211. The van der Waals surface area contributed by atoms with E-state index in [-0.39, 0.29) is 0 Å². The van der Waals surface area contributed by atoms with Crippen LogP contribution in [0.4, 0.5) is 5.69 Å². The number of aryl methyl sites for hydroxylation is 2. The Hall–Kier alpha value is -1.18. The van der Waals surface area contributed by atoms with E-state index in [1.54, 1.807) is 0 Å². The van der Waals surface area contributed by atoms with Crippen LogP contribution in [0.5, 0.6) is 5.75 Å². The zero-order chi connectivity index (χ0) is 11.0. The van der Waals surface area contributed by atoms with E-state index in [9.17, 15) is 0 Å². The first-order valence-electron chi connectivity index (χ1n) is 6.41. The SMILES string of the molecule is Nc1cc2c(cc1OC1CCCC1)CCC2. The van der Waals surface area contributed by atoms with Crippen molar-refractivity contribution in [1.29, 1.82) is 0 Å². The van der Waals surface area contributed by atoms with Crippen molar-refractivity contribution in [2.24, 2.45) is 0 Å². The summed E-state index contributed by atoms with van der Waals surface area (Å²) < 4.78 is 6.01. The molecule has 86 valence electrons. The van der Waals surface area contributed by atoms with Gasteiger partial charge in [-0.05, 0) is 68.2 Å². The molecule has 0 spiro atoms. The average molecular weight is 217 g/mol. The van der Waals surface area contributed by atoms with Crippen molar-refractivity contribution in [1.82, 2.24) is 0 Å². The maximum atomic E-state index is 6.05. The second kappa shape index (κ2) is 4.00. The Morgan fingerprint density at radius 2 is 1.69 bits per heavy atom. The molecular weight excluding hydrogens is 198 g/mol. The standard InChI is InChI=1S/C14H19NO/c15-13-8-10-4-3-5-11(10)9-14(13)16-12-6-1-2-7-12/h8-9,12H,1-7,15H2. The summed E-state index contributed by atoms with van der Waals surface area (Å²) in [5, 5.41) is 0. The van der Waals surface area contributed by atoms with E-state index in [1.807, 2.05) is 0 Å². The number of nitrogen functional groups attached to an aromatic ring is 1. The molecule has 0 radical (unpaired) electrons. The molecule has 2 heteroatoms. The van der Waals surface area contributed by atoms with E-state index in [0.29, 0.717) is 6.10 Å². The third kappa shape index (κ3) is 1.77. The molecule has 1 aromatic carbocycles. The lowest BCUT2D eigenvalue weighted by Crippen LogP contribution is -2.12. The van der Waals surface area contributed by atoms with Gasteiger partial charge in [0.15, 0.2) is 0 Å². The monoisotopic (exact) mass is 217 g/mol. The Morgan fingerprint density at radius 1 is 1.00 bits per heavy atom. The van der Waals surface area contributed by atoms with Crippen LogP contribution in [-0.4, -0.2) is 6.10 Å². The van der Waals surface area contributed by atoms with Crippen molar-refractivity contribution < 1.29 is 4.74 Å². The maximum Gasteiger partial charge on any atom is 0.142 e. The minimum Gasteiger partial charge on any atom is -0.488 e. The van der Waals surface area contributed by atoms with Crippen LogP contribution < -0.4 is 10.5 Å². The van der Waals surface area contributed by atoms with E-state index in [1.165, 1.54) is 56.1 Å². The Balaban J connectivity index is 1.83. The third-order valence-electron chi connectivity index (χ3n) is 3.82. The molecule has 2 N–H and O–H groups in total. The van der Waals surface area contributed by atoms with Gasteiger partial charge in [0.2, 0.25) is 0 Å². The molecule has 0 saturated heterocycles. The minimum absolute atomic E-state index is 0.404. The first-order chi connectivity index (χ1) is 7.83. The van der Waals surface area contributed by atoms with Crippen LogP contribution in [-0.2, 0) is 12.8 Å². The zero-order valence-corrected chi connectivity index (χ0v) is 9.67. The largest absolute Gasteiger partial charge is 0.488 e. The van der Waals surface area contributed by atoms with Crippen molar-refractivity contribution in [2.45, 2.75) is 51.0 Å². The van der Waals surface area contributed by atoms with Crippen LogP contribution in [0, 0.1) is 0 Å². The molecule has 1 aromatic rings. The second-order valence-corrected chi connectivity index (χ2v) is 5.04. The molecule has 0 bridgehead atoms. The molecule has 0 aliphatic heterocycles. The van der Waals surface area contributed by atoms with Crippen LogP contribution in [0.3, 0.4) is 0 Å². The highest BCUT2D eigenvalue weighted by Crippen LogP contribution is 2.34. The van der Waals surface area contributed by atoms with Gasteiger partial charge < -0.3 is 10.5 Å². The fourth-order valence-corrected chi connectivity index (χ4v) is 2.91. The normalized spacial score (nSPS) is 20.0. The van der Waals surface area contributed by atoms with E-state index in [2.05, 4.69) is 12.1 Å². The fraction of sp³-hybridized carbons (Fsp3) is 0.571. The molecular formula is C14H19NO. The number of ether oxygens (including phenoxy) is 1. The van der Waals surface area contributed by atoms with Crippen molar-refractivity contribution in [2.75, 3.05) is 5.73 Å². The molecule has 0 aromatic heterocycles. The first-order valence-corrected chi connectivity index (χ1v) is 6.41. The fourth-order valence-electron chi connectivity index (χ4n) is 2.91. The zero-order valence-electron chi connectivity index (χ0n) is 9.67.